The molecule has 3 aliphatic rings. The molecule has 0 saturated carbocycles. The molecule has 13 rings (SSSR count). The standard InChI is InChI=1S/C47H29N3S2/c1-47(2)30-16-5-3-11-27(30)38-29(15-8-17-31(38)47)44-45-43(28-12-4-6-18-34(28)52-45)48-46(49-44)50-32-21-20-24-10-7-13-25-26-14-9-19-35-39(26)42-36(51-35)23-22-33(50)41(42)40(32)37(24)25/h4-10,12-23H,3,11H2,1-2H3. The fraction of sp³-hybridized carbons (Fsp3) is 0.106. The van der Waals surface area contributed by atoms with Crippen LogP contribution in [0, 0.1) is 0 Å². The predicted octanol–water partition coefficient (Wildman–Crippen LogP) is 13.5. The maximum Gasteiger partial charge on any atom is 0.235 e. The highest BCUT2D eigenvalue weighted by Gasteiger charge is 2.39. The molecule has 244 valence electrons. The van der Waals surface area contributed by atoms with E-state index < -0.39 is 0 Å². The number of nitrogens with zero attached hydrogens (tertiary/aromatic N) is 3. The van der Waals surface area contributed by atoms with E-state index in [1.807, 2.05) is 22.7 Å². The molecular formula is C47H29N3S2. The Kier molecular flexibility index (Phi) is 5.08. The first-order chi connectivity index (χ1) is 25.6. The fourth-order valence-electron chi connectivity index (χ4n) is 10.1. The van der Waals surface area contributed by atoms with Crippen LogP contribution in [0.15, 0.2) is 121 Å². The van der Waals surface area contributed by atoms with Crippen molar-refractivity contribution in [2.24, 2.45) is 0 Å². The summed E-state index contributed by atoms with van der Waals surface area (Å²) in [6.45, 7) is 4.77. The lowest BCUT2D eigenvalue weighted by Crippen LogP contribution is -2.16. The summed E-state index contributed by atoms with van der Waals surface area (Å²) in [6, 6.07) is 38.5. The molecule has 0 fully saturated rings. The zero-order chi connectivity index (χ0) is 34.0. The molecule has 0 atom stereocenters. The second-order valence-electron chi connectivity index (χ2n) is 15.1. The Hall–Kier alpha value is -5.62. The Morgan fingerprint density at radius 2 is 1.38 bits per heavy atom. The van der Waals surface area contributed by atoms with Crippen molar-refractivity contribution < 1.29 is 0 Å². The smallest absolute Gasteiger partial charge is 0.235 e. The molecule has 3 aliphatic carbocycles. The third-order valence-electron chi connectivity index (χ3n) is 12.2. The van der Waals surface area contributed by atoms with Gasteiger partial charge in [0.05, 0.1) is 26.9 Å². The van der Waals surface area contributed by atoms with Gasteiger partial charge in [-0.3, -0.25) is 4.57 Å². The van der Waals surface area contributed by atoms with Crippen LogP contribution in [0.25, 0.3) is 107 Å². The van der Waals surface area contributed by atoms with E-state index in [1.165, 1.54) is 90.8 Å². The summed E-state index contributed by atoms with van der Waals surface area (Å²) in [7, 11) is 0. The lowest BCUT2D eigenvalue weighted by molar-refractivity contribution is 0.651. The van der Waals surface area contributed by atoms with E-state index in [-0.39, 0.29) is 5.41 Å². The molecule has 0 saturated heterocycles. The number of aromatic nitrogens is 3. The molecule has 52 heavy (non-hydrogen) atoms. The summed E-state index contributed by atoms with van der Waals surface area (Å²) in [6.07, 6.45) is 6.86. The second-order valence-corrected chi connectivity index (χ2v) is 17.3. The van der Waals surface area contributed by atoms with Crippen molar-refractivity contribution in [2.45, 2.75) is 32.1 Å². The van der Waals surface area contributed by atoms with Crippen molar-refractivity contribution in [3.8, 4) is 28.3 Å². The second kappa shape index (κ2) is 9.43. The van der Waals surface area contributed by atoms with Crippen LogP contribution in [0.1, 0.15) is 37.8 Å². The lowest BCUT2D eigenvalue weighted by Gasteiger charge is -2.24. The highest BCUT2D eigenvalue weighted by Crippen LogP contribution is 2.55. The number of allylic oxidation sites excluding steroid dienone is 4. The Balaban J connectivity index is 1.22. The van der Waals surface area contributed by atoms with E-state index in [1.54, 1.807) is 0 Å². The van der Waals surface area contributed by atoms with Gasteiger partial charge in [0.1, 0.15) is 0 Å². The van der Waals surface area contributed by atoms with Crippen LogP contribution in [-0.4, -0.2) is 14.5 Å². The van der Waals surface area contributed by atoms with E-state index in [9.17, 15) is 0 Å². The molecule has 0 bridgehead atoms. The van der Waals surface area contributed by atoms with Crippen molar-refractivity contribution in [1.29, 1.82) is 0 Å². The van der Waals surface area contributed by atoms with E-state index in [0.29, 0.717) is 0 Å². The number of rotatable bonds is 2. The average Bonchev–Trinajstić information content (AvgIpc) is 3.88. The molecule has 0 amide bonds. The molecule has 0 spiro atoms. The van der Waals surface area contributed by atoms with E-state index in [0.717, 1.165) is 45.7 Å². The molecule has 0 radical (unpaired) electrons. The van der Waals surface area contributed by atoms with Crippen LogP contribution < -0.4 is 0 Å². The number of thiophene rings is 2. The van der Waals surface area contributed by atoms with E-state index >= 15 is 0 Å². The first kappa shape index (κ1) is 28.0. The predicted molar refractivity (Wildman–Crippen MR) is 222 cm³/mol. The maximum atomic E-state index is 5.72. The maximum absolute atomic E-state index is 5.72. The summed E-state index contributed by atoms with van der Waals surface area (Å²) in [5.41, 5.74) is 13.9. The van der Waals surface area contributed by atoms with Crippen molar-refractivity contribution in [3.63, 3.8) is 0 Å². The third kappa shape index (κ3) is 3.25. The van der Waals surface area contributed by atoms with Crippen LogP contribution >= 0.6 is 22.7 Å². The molecule has 6 aromatic carbocycles. The minimum Gasteiger partial charge on any atom is -0.278 e. The Morgan fingerprint density at radius 3 is 2.31 bits per heavy atom. The minimum atomic E-state index is -0.0559. The summed E-state index contributed by atoms with van der Waals surface area (Å²) in [5.74, 6) is 0.732. The number of benzene rings is 6. The van der Waals surface area contributed by atoms with Crippen LogP contribution in [0.4, 0.5) is 0 Å². The summed E-state index contributed by atoms with van der Waals surface area (Å²) < 4.78 is 7.43. The number of fused-ring (bicyclic) bond motifs is 6. The molecule has 4 aromatic heterocycles. The molecule has 10 aromatic rings. The van der Waals surface area contributed by atoms with E-state index in [4.69, 9.17) is 9.97 Å². The Bertz CT molecular complexity index is 3380. The van der Waals surface area contributed by atoms with Crippen molar-refractivity contribution in [3.05, 3.63) is 132 Å². The van der Waals surface area contributed by atoms with Gasteiger partial charge < -0.3 is 0 Å². The topological polar surface area (TPSA) is 30.7 Å². The highest BCUT2D eigenvalue weighted by atomic mass is 32.1. The molecule has 0 unspecified atom stereocenters. The van der Waals surface area contributed by atoms with Crippen LogP contribution in [0.2, 0.25) is 0 Å². The minimum absolute atomic E-state index is 0.0559. The van der Waals surface area contributed by atoms with Gasteiger partial charge in [-0.05, 0) is 87.3 Å². The molecular weight excluding hydrogens is 671 g/mol. The highest BCUT2D eigenvalue weighted by molar-refractivity contribution is 7.26. The molecule has 5 heteroatoms. The van der Waals surface area contributed by atoms with Gasteiger partial charge in [-0.25, -0.2) is 9.97 Å². The van der Waals surface area contributed by atoms with Crippen LogP contribution in [0.5, 0.6) is 0 Å². The van der Waals surface area contributed by atoms with Gasteiger partial charge in [0.2, 0.25) is 5.95 Å². The van der Waals surface area contributed by atoms with Gasteiger partial charge in [0.15, 0.2) is 0 Å². The Labute approximate surface area is 306 Å². The van der Waals surface area contributed by atoms with Gasteiger partial charge >= 0.3 is 0 Å². The SMILES string of the molecule is CC1(C)C2=C(CCC=C2)c2c(-c3nc(-n4c5ccc6cccc7c6c5c5c6c(ccc54)sc4cccc-7c46)nc4c3sc3ccccc34)cccc21. The van der Waals surface area contributed by atoms with Crippen LogP contribution in [0.3, 0.4) is 0 Å². The van der Waals surface area contributed by atoms with Gasteiger partial charge in [-0.15, -0.1) is 22.7 Å². The van der Waals surface area contributed by atoms with Crippen molar-refractivity contribution >= 4 is 101 Å². The van der Waals surface area contributed by atoms with Crippen molar-refractivity contribution in [2.75, 3.05) is 0 Å². The average molecular weight is 700 g/mol. The van der Waals surface area contributed by atoms with Gasteiger partial charge in [-0.1, -0.05) is 98.8 Å². The number of hydrogen-bond donors (Lipinski definition) is 0. The molecule has 0 aliphatic heterocycles. The quantitative estimate of drug-likeness (QED) is 0.180. The third-order valence-corrected chi connectivity index (χ3v) is 14.5. The molecule has 0 N–H and O–H groups in total. The Morgan fingerprint density at radius 1 is 0.635 bits per heavy atom. The lowest BCUT2D eigenvalue weighted by atomic mass is 9.80. The largest absolute Gasteiger partial charge is 0.278 e. The van der Waals surface area contributed by atoms with Crippen LogP contribution in [-0.2, 0) is 5.41 Å². The molecule has 4 heterocycles. The first-order valence-electron chi connectivity index (χ1n) is 18.1. The molecule has 3 nitrogen and oxygen atoms in total. The van der Waals surface area contributed by atoms with Gasteiger partial charge in [0.25, 0.3) is 0 Å². The zero-order valence-electron chi connectivity index (χ0n) is 28.5. The van der Waals surface area contributed by atoms with Crippen molar-refractivity contribution in [1.82, 2.24) is 14.5 Å². The normalized spacial score (nSPS) is 15.7. The van der Waals surface area contributed by atoms with Gasteiger partial charge in [-0.2, -0.15) is 0 Å². The van der Waals surface area contributed by atoms with E-state index in [2.05, 4.69) is 134 Å². The summed E-state index contributed by atoms with van der Waals surface area (Å²) in [4.78, 5) is 11.3. The zero-order valence-corrected chi connectivity index (χ0v) is 30.2. The summed E-state index contributed by atoms with van der Waals surface area (Å²) in [5, 5.41) is 9.11. The summed E-state index contributed by atoms with van der Waals surface area (Å²) >= 11 is 3.72. The first-order valence-corrected chi connectivity index (χ1v) is 19.8. The number of hydrogen-bond acceptors (Lipinski definition) is 4. The fourth-order valence-corrected chi connectivity index (χ4v) is 12.3. The monoisotopic (exact) mass is 699 g/mol. The van der Waals surface area contributed by atoms with Gasteiger partial charge in [0, 0.05) is 52.0 Å².